The number of halogens is 1. The van der Waals surface area contributed by atoms with Crippen molar-refractivity contribution in [3.8, 4) is 0 Å². The molecule has 2 unspecified atom stereocenters. The van der Waals surface area contributed by atoms with Crippen LogP contribution in [0.15, 0.2) is 27.6 Å². The number of benzene rings is 1. The maximum atomic E-state index is 11.9. The van der Waals surface area contributed by atoms with Gasteiger partial charge in [0.25, 0.3) is 5.91 Å². The molecule has 1 aromatic carbocycles. The fourth-order valence-corrected chi connectivity index (χ4v) is 3.52. The van der Waals surface area contributed by atoms with Crippen molar-refractivity contribution < 1.29 is 17.4 Å². The Morgan fingerprint density at radius 1 is 1.48 bits per heavy atom. The smallest absolute Gasteiger partial charge is 0.251 e. The van der Waals surface area contributed by atoms with Crippen molar-refractivity contribution >= 4 is 42.7 Å². The zero-order chi connectivity index (χ0) is 16.2. The van der Waals surface area contributed by atoms with Crippen molar-refractivity contribution in [3.05, 3.63) is 28.2 Å². The molecule has 0 radical (unpaired) electrons. The van der Waals surface area contributed by atoms with E-state index in [9.17, 15) is 17.4 Å². The number of hydrogen-bond donors (Lipinski definition) is 2. The second kappa shape index (κ2) is 7.48. The topological polar surface area (TPSA) is 106 Å². The van der Waals surface area contributed by atoms with E-state index in [1.165, 1.54) is 18.2 Å². The van der Waals surface area contributed by atoms with E-state index in [0.29, 0.717) is 17.4 Å². The van der Waals surface area contributed by atoms with Crippen LogP contribution in [0.3, 0.4) is 0 Å². The van der Waals surface area contributed by atoms with Gasteiger partial charge in [0.2, 0.25) is 10.0 Å². The highest BCUT2D eigenvalue weighted by Gasteiger charge is 2.16. The van der Waals surface area contributed by atoms with Gasteiger partial charge in [0, 0.05) is 38.9 Å². The molecule has 0 aliphatic heterocycles. The van der Waals surface area contributed by atoms with E-state index in [1.54, 1.807) is 6.26 Å². The Morgan fingerprint density at radius 3 is 2.62 bits per heavy atom. The van der Waals surface area contributed by atoms with Crippen LogP contribution in [0.25, 0.3) is 0 Å². The van der Waals surface area contributed by atoms with Gasteiger partial charge in [0.15, 0.2) is 0 Å². The second-order valence-corrected chi connectivity index (χ2v) is 8.73. The molecule has 6 nitrogen and oxygen atoms in total. The summed E-state index contributed by atoms with van der Waals surface area (Å²) in [6.45, 7) is 2.20. The van der Waals surface area contributed by atoms with Crippen molar-refractivity contribution in [2.24, 2.45) is 5.14 Å². The normalized spacial score (nSPS) is 14.5. The largest absolute Gasteiger partial charge is 0.352 e. The summed E-state index contributed by atoms with van der Waals surface area (Å²) in [6, 6.07) is 4.17. The van der Waals surface area contributed by atoms with E-state index >= 15 is 0 Å². The molecule has 118 valence electrons. The Labute approximate surface area is 135 Å². The highest BCUT2D eigenvalue weighted by Crippen LogP contribution is 2.22. The Bertz CT molecular complexity index is 661. The molecule has 0 aliphatic rings. The average Bonchev–Trinajstić information content (AvgIpc) is 2.37. The van der Waals surface area contributed by atoms with Crippen LogP contribution < -0.4 is 10.5 Å². The zero-order valence-corrected chi connectivity index (χ0v) is 14.8. The van der Waals surface area contributed by atoms with Crippen LogP contribution in [0.4, 0.5) is 0 Å². The lowest BCUT2D eigenvalue weighted by Crippen LogP contribution is -2.27. The van der Waals surface area contributed by atoms with Gasteiger partial charge in [-0.05, 0) is 40.5 Å². The summed E-state index contributed by atoms with van der Waals surface area (Å²) in [5, 5.41) is 7.72. The lowest BCUT2D eigenvalue weighted by Gasteiger charge is -2.10. The van der Waals surface area contributed by atoms with E-state index in [-0.39, 0.29) is 15.7 Å². The first kappa shape index (κ1) is 18.3. The first-order chi connectivity index (χ1) is 9.62. The minimum Gasteiger partial charge on any atom is -0.352 e. The molecule has 1 aromatic rings. The van der Waals surface area contributed by atoms with Gasteiger partial charge in [-0.3, -0.25) is 9.00 Å². The highest BCUT2D eigenvalue weighted by atomic mass is 79.9. The standard InChI is InChI=1S/C12H17BrN2O4S2/c1-8(20(2)17)5-6-15-12(16)9-3-4-10(13)11(7-9)21(14,18)19/h3-4,7-8H,5-6H2,1-2H3,(H,15,16)(H2,14,18,19). The molecule has 0 aromatic heterocycles. The number of rotatable bonds is 6. The summed E-state index contributed by atoms with van der Waals surface area (Å²) in [5.74, 6) is -0.401. The zero-order valence-electron chi connectivity index (χ0n) is 11.6. The van der Waals surface area contributed by atoms with Gasteiger partial charge >= 0.3 is 0 Å². The molecule has 1 rings (SSSR count). The van der Waals surface area contributed by atoms with Crippen LogP contribution in [-0.2, 0) is 20.8 Å². The van der Waals surface area contributed by atoms with Gasteiger partial charge in [-0.1, -0.05) is 6.92 Å². The number of hydrogen-bond acceptors (Lipinski definition) is 4. The van der Waals surface area contributed by atoms with E-state index in [2.05, 4.69) is 21.2 Å². The number of sulfonamides is 1. The maximum Gasteiger partial charge on any atom is 0.251 e. The molecule has 0 bridgehead atoms. The number of carbonyl (C=O) groups is 1. The molecule has 1 amide bonds. The Hall–Kier alpha value is -0.770. The molecular formula is C12H17BrN2O4S2. The molecule has 9 heteroatoms. The third-order valence-corrected chi connectivity index (χ3v) is 6.18. The fraction of sp³-hybridized carbons (Fsp3) is 0.417. The van der Waals surface area contributed by atoms with Gasteiger partial charge in [-0.15, -0.1) is 0 Å². The molecule has 0 aliphatic carbocycles. The summed E-state index contributed by atoms with van der Waals surface area (Å²) in [4.78, 5) is 11.8. The van der Waals surface area contributed by atoms with Crippen molar-refractivity contribution in [3.63, 3.8) is 0 Å². The van der Waals surface area contributed by atoms with Gasteiger partial charge in [-0.25, -0.2) is 13.6 Å². The number of amides is 1. The van der Waals surface area contributed by atoms with Crippen LogP contribution in [0.5, 0.6) is 0 Å². The van der Waals surface area contributed by atoms with Crippen LogP contribution in [0.2, 0.25) is 0 Å². The SMILES string of the molecule is CC(CCNC(=O)c1ccc(Br)c(S(N)(=O)=O)c1)S(C)=O. The molecule has 2 atom stereocenters. The first-order valence-corrected chi connectivity index (χ1v) is 10.0. The molecule has 21 heavy (non-hydrogen) atoms. The Morgan fingerprint density at radius 2 is 2.10 bits per heavy atom. The van der Waals surface area contributed by atoms with E-state index < -0.39 is 26.7 Å². The summed E-state index contributed by atoms with van der Waals surface area (Å²) < 4.78 is 34.3. The van der Waals surface area contributed by atoms with Crippen molar-refractivity contribution in [2.45, 2.75) is 23.5 Å². The lowest BCUT2D eigenvalue weighted by molar-refractivity contribution is 0.0953. The van der Waals surface area contributed by atoms with E-state index in [0.717, 1.165) is 0 Å². The molecule has 0 saturated carbocycles. The van der Waals surface area contributed by atoms with Crippen LogP contribution in [0.1, 0.15) is 23.7 Å². The number of nitrogens with one attached hydrogen (secondary N) is 1. The van der Waals surface area contributed by atoms with Gasteiger partial charge in [0.05, 0.1) is 4.90 Å². The molecule has 3 N–H and O–H groups in total. The monoisotopic (exact) mass is 396 g/mol. The van der Waals surface area contributed by atoms with Crippen LogP contribution >= 0.6 is 15.9 Å². The van der Waals surface area contributed by atoms with Gasteiger partial charge in [-0.2, -0.15) is 0 Å². The van der Waals surface area contributed by atoms with Crippen molar-refractivity contribution in [1.82, 2.24) is 5.32 Å². The van der Waals surface area contributed by atoms with E-state index in [4.69, 9.17) is 5.14 Å². The minimum atomic E-state index is -3.90. The minimum absolute atomic E-state index is 0.0183. The maximum absolute atomic E-state index is 11.9. The third-order valence-electron chi connectivity index (χ3n) is 2.90. The fourth-order valence-electron chi connectivity index (χ4n) is 1.52. The summed E-state index contributed by atoms with van der Waals surface area (Å²) in [5.41, 5.74) is 0.201. The third kappa shape index (κ3) is 5.50. The average molecular weight is 397 g/mol. The lowest BCUT2D eigenvalue weighted by atomic mass is 10.2. The molecular weight excluding hydrogens is 380 g/mol. The quantitative estimate of drug-likeness (QED) is 0.746. The number of nitrogens with two attached hydrogens (primary N) is 1. The second-order valence-electron chi connectivity index (χ2n) is 4.54. The predicted molar refractivity (Wildman–Crippen MR) is 86.0 cm³/mol. The molecule has 0 spiro atoms. The molecule has 0 saturated heterocycles. The van der Waals surface area contributed by atoms with Crippen LogP contribution in [-0.4, -0.2) is 36.6 Å². The highest BCUT2D eigenvalue weighted by molar-refractivity contribution is 9.10. The van der Waals surface area contributed by atoms with Gasteiger partial charge in [0.1, 0.15) is 0 Å². The van der Waals surface area contributed by atoms with E-state index in [1.807, 2.05) is 6.92 Å². The first-order valence-electron chi connectivity index (χ1n) is 6.05. The number of carbonyl (C=O) groups excluding carboxylic acids is 1. The predicted octanol–water partition coefficient (Wildman–Crippen LogP) is 0.983. The summed E-state index contributed by atoms with van der Waals surface area (Å²) >= 11 is 3.08. The Kier molecular flexibility index (Phi) is 6.51. The van der Waals surface area contributed by atoms with Crippen molar-refractivity contribution in [2.75, 3.05) is 12.8 Å². The molecule has 0 fully saturated rings. The Balaban J connectivity index is 2.78. The van der Waals surface area contributed by atoms with Gasteiger partial charge < -0.3 is 5.32 Å². The van der Waals surface area contributed by atoms with Crippen LogP contribution in [0, 0.1) is 0 Å². The number of primary sulfonamides is 1. The summed E-state index contributed by atoms with van der Waals surface area (Å²) in [6.07, 6.45) is 2.19. The summed E-state index contributed by atoms with van der Waals surface area (Å²) in [7, 11) is -4.84. The van der Waals surface area contributed by atoms with Crippen molar-refractivity contribution in [1.29, 1.82) is 0 Å². The molecule has 0 heterocycles.